The normalized spacial score (nSPS) is 22.8. The summed E-state index contributed by atoms with van der Waals surface area (Å²) in [7, 11) is 0. The zero-order valence-electron chi connectivity index (χ0n) is 14.9. The van der Waals surface area contributed by atoms with Gasteiger partial charge < -0.3 is 15.0 Å². The fraction of sp³-hybridized carbons (Fsp3) is 0.500. The standard InChI is InChI=1S/C18H22N4O3S/c1-11-3-4-12(2)22(11)18-19-13(10-26-18)7-17(24)21-6-5-15-14(8-21)20-16(23)9-25-15/h3-4,10,14-15H,5-9H2,1-2H3,(H,20,23). The van der Waals surface area contributed by atoms with E-state index in [1.807, 2.05) is 19.2 Å². The zero-order valence-corrected chi connectivity index (χ0v) is 15.7. The summed E-state index contributed by atoms with van der Waals surface area (Å²) < 4.78 is 7.64. The molecule has 2 fully saturated rings. The van der Waals surface area contributed by atoms with Crippen molar-refractivity contribution in [3.63, 3.8) is 0 Å². The highest BCUT2D eigenvalue weighted by Crippen LogP contribution is 2.22. The van der Waals surface area contributed by atoms with Crippen molar-refractivity contribution in [1.29, 1.82) is 0 Å². The summed E-state index contributed by atoms with van der Waals surface area (Å²) in [6.45, 7) is 5.37. The Morgan fingerprint density at radius 3 is 2.92 bits per heavy atom. The Hall–Kier alpha value is -2.19. The number of morpholine rings is 1. The van der Waals surface area contributed by atoms with Crippen LogP contribution in [0.25, 0.3) is 5.13 Å². The number of likely N-dealkylation sites (tertiary alicyclic amines) is 1. The van der Waals surface area contributed by atoms with Gasteiger partial charge in [-0.25, -0.2) is 4.98 Å². The topological polar surface area (TPSA) is 76.5 Å². The van der Waals surface area contributed by atoms with Gasteiger partial charge >= 0.3 is 0 Å². The number of ether oxygens (including phenoxy) is 1. The van der Waals surface area contributed by atoms with Crippen molar-refractivity contribution in [2.24, 2.45) is 0 Å². The fourth-order valence-corrected chi connectivity index (χ4v) is 4.58. The number of hydrogen-bond acceptors (Lipinski definition) is 5. The lowest BCUT2D eigenvalue weighted by atomic mass is 10.00. The molecular weight excluding hydrogens is 352 g/mol. The molecule has 0 bridgehead atoms. The van der Waals surface area contributed by atoms with Gasteiger partial charge in [0, 0.05) is 29.9 Å². The maximum Gasteiger partial charge on any atom is 0.246 e. The van der Waals surface area contributed by atoms with Gasteiger partial charge in [-0.15, -0.1) is 11.3 Å². The number of thiazole rings is 1. The number of carbonyl (C=O) groups excluding carboxylic acids is 2. The third-order valence-corrected chi connectivity index (χ3v) is 5.89. The molecule has 4 rings (SSSR count). The van der Waals surface area contributed by atoms with Crippen molar-refractivity contribution in [2.75, 3.05) is 19.7 Å². The average Bonchev–Trinajstić information content (AvgIpc) is 3.20. The van der Waals surface area contributed by atoms with Crippen LogP contribution < -0.4 is 5.32 Å². The third kappa shape index (κ3) is 3.26. The Labute approximate surface area is 156 Å². The summed E-state index contributed by atoms with van der Waals surface area (Å²) >= 11 is 1.55. The smallest absolute Gasteiger partial charge is 0.246 e. The highest BCUT2D eigenvalue weighted by molar-refractivity contribution is 7.12. The predicted molar refractivity (Wildman–Crippen MR) is 97.5 cm³/mol. The molecule has 2 unspecified atom stereocenters. The van der Waals surface area contributed by atoms with Gasteiger partial charge in [0.2, 0.25) is 11.8 Å². The molecule has 2 aromatic rings. The summed E-state index contributed by atoms with van der Waals surface area (Å²) in [6, 6.07) is 4.02. The molecule has 0 aliphatic carbocycles. The minimum absolute atomic E-state index is 0.0160. The number of aryl methyl sites for hydroxylation is 2. The van der Waals surface area contributed by atoms with Crippen LogP contribution >= 0.6 is 11.3 Å². The molecule has 0 saturated carbocycles. The summed E-state index contributed by atoms with van der Waals surface area (Å²) in [5, 5.41) is 5.76. The number of carbonyl (C=O) groups is 2. The fourth-order valence-electron chi connectivity index (χ4n) is 3.64. The highest BCUT2D eigenvalue weighted by atomic mass is 32.1. The number of aromatic nitrogens is 2. The number of amides is 2. The van der Waals surface area contributed by atoms with Crippen LogP contribution in [0.2, 0.25) is 0 Å². The number of piperidine rings is 1. The molecule has 1 N–H and O–H groups in total. The van der Waals surface area contributed by atoms with Crippen LogP contribution in [-0.2, 0) is 20.7 Å². The molecular formula is C18H22N4O3S. The minimum Gasteiger partial charge on any atom is -0.366 e. The van der Waals surface area contributed by atoms with Crippen LogP contribution in [0.1, 0.15) is 23.5 Å². The van der Waals surface area contributed by atoms with E-state index in [1.54, 1.807) is 16.2 Å². The number of fused-ring (bicyclic) bond motifs is 1. The Kier molecular flexibility index (Phi) is 4.54. The van der Waals surface area contributed by atoms with E-state index in [4.69, 9.17) is 4.74 Å². The lowest BCUT2D eigenvalue weighted by Crippen LogP contribution is -2.61. The molecule has 2 aliphatic heterocycles. The van der Waals surface area contributed by atoms with Gasteiger partial charge in [0.25, 0.3) is 0 Å². The maximum atomic E-state index is 12.7. The molecule has 4 heterocycles. The van der Waals surface area contributed by atoms with Crippen molar-refractivity contribution >= 4 is 23.2 Å². The van der Waals surface area contributed by atoms with Crippen LogP contribution in [0, 0.1) is 13.8 Å². The SMILES string of the molecule is Cc1ccc(C)n1-c1nc(CC(=O)N2CCC3OCC(=O)NC3C2)cs1. The van der Waals surface area contributed by atoms with Gasteiger partial charge in [0.1, 0.15) is 6.61 Å². The molecule has 2 atom stereocenters. The van der Waals surface area contributed by atoms with E-state index in [9.17, 15) is 9.59 Å². The van der Waals surface area contributed by atoms with Gasteiger partial charge in [-0.1, -0.05) is 0 Å². The molecule has 138 valence electrons. The first-order valence-electron chi connectivity index (χ1n) is 8.80. The summed E-state index contributed by atoms with van der Waals surface area (Å²) in [5.41, 5.74) is 3.04. The number of hydrogen-bond donors (Lipinski definition) is 1. The van der Waals surface area contributed by atoms with Crippen LogP contribution in [0.4, 0.5) is 0 Å². The van der Waals surface area contributed by atoms with Crippen LogP contribution in [0.5, 0.6) is 0 Å². The Bertz CT molecular complexity index is 824. The highest BCUT2D eigenvalue weighted by Gasteiger charge is 2.36. The van der Waals surface area contributed by atoms with E-state index in [0.717, 1.165) is 28.6 Å². The molecule has 2 amide bonds. The largest absolute Gasteiger partial charge is 0.366 e. The first-order chi connectivity index (χ1) is 12.5. The van der Waals surface area contributed by atoms with E-state index >= 15 is 0 Å². The van der Waals surface area contributed by atoms with Crippen molar-refractivity contribution < 1.29 is 14.3 Å². The molecule has 26 heavy (non-hydrogen) atoms. The second-order valence-electron chi connectivity index (χ2n) is 6.90. The molecule has 0 radical (unpaired) electrons. The second kappa shape index (κ2) is 6.85. The van der Waals surface area contributed by atoms with E-state index in [2.05, 4.69) is 27.0 Å². The first-order valence-corrected chi connectivity index (χ1v) is 9.67. The van der Waals surface area contributed by atoms with Crippen molar-refractivity contribution in [3.05, 3.63) is 34.6 Å². The van der Waals surface area contributed by atoms with Crippen LogP contribution in [-0.4, -0.2) is 58.1 Å². The molecule has 7 nitrogen and oxygen atoms in total. The molecule has 8 heteroatoms. The number of nitrogens with one attached hydrogen (secondary N) is 1. The quantitative estimate of drug-likeness (QED) is 0.876. The lowest BCUT2D eigenvalue weighted by Gasteiger charge is -2.41. The maximum absolute atomic E-state index is 12.7. The van der Waals surface area contributed by atoms with Crippen molar-refractivity contribution in [2.45, 2.75) is 38.8 Å². The first kappa shape index (κ1) is 17.2. The Morgan fingerprint density at radius 2 is 2.15 bits per heavy atom. The van der Waals surface area contributed by atoms with Crippen LogP contribution in [0.3, 0.4) is 0 Å². The van der Waals surface area contributed by atoms with E-state index in [-0.39, 0.29) is 37.0 Å². The van der Waals surface area contributed by atoms with Crippen molar-refractivity contribution in [3.8, 4) is 5.13 Å². The van der Waals surface area contributed by atoms with Gasteiger partial charge in [-0.05, 0) is 32.4 Å². The Morgan fingerprint density at radius 1 is 1.38 bits per heavy atom. The third-order valence-electron chi connectivity index (χ3n) is 5.01. The van der Waals surface area contributed by atoms with E-state index < -0.39 is 0 Å². The van der Waals surface area contributed by atoms with Gasteiger partial charge in [0.05, 0.1) is 24.3 Å². The Balaban J connectivity index is 1.42. The molecule has 2 aromatic heterocycles. The van der Waals surface area contributed by atoms with Crippen molar-refractivity contribution in [1.82, 2.24) is 19.8 Å². The van der Waals surface area contributed by atoms with E-state index in [0.29, 0.717) is 13.1 Å². The minimum atomic E-state index is -0.109. The monoisotopic (exact) mass is 374 g/mol. The average molecular weight is 374 g/mol. The van der Waals surface area contributed by atoms with Gasteiger partial charge in [-0.3, -0.25) is 14.2 Å². The number of rotatable bonds is 3. The molecule has 0 spiro atoms. The summed E-state index contributed by atoms with van der Waals surface area (Å²) in [6.07, 6.45) is 1.05. The number of nitrogens with zero attached hydrogens (tertiary/aromatic N) is 3. The van der Waals surface area contributed by atoms with Gasteiger partial charge in [0.15, 0.2) is 5.13 Å². The predicted octanol–water partition coefficient (Wildman–Crippen LogP) is 1.21. The molecule has 0 aromatic carbocycles. The summed E-state index contributed by atoms with van der Waals surface area (Å²) in [5.74, 6) is -0.0665. The molecule has 2 aliphatic rings. The summed E-state index contributed by atoms with van der Waals surface area (Å²) in [4.78, 5) is 30.6. The second-order valence-corrected chi connectivity index (χ2v) is 7.74. The van der Waals surface area contributed by atoms with Crippen LogP contribution in [0.15, 0.2) is 17.5 Å². The zero-order chi connectivity index (χ0) is 18.3. The van der Waals surface area contributed by atoms with E-state index in [1.165, 1.54) is 0 Å². The van der Waals surface area contributed by atoms with Gasteiger partial charge in [-0.2, -0.15) is 0 Å². The lowest BCUT2D eigenvalue weighted by molar-refractivity contribution is -0.146. The molecule has 2 saturated heterocycles.